The molecule has 1 aromatic heterocycles. The molecule has 4 N–H and O–H groups in total. The molecular formula is C12H22N6O. The quantitative estimate of drug-likeness (QED) is 0.515. The lowest BCUT2D eigenvalue weighted by Gasteiger charge is -2.47. The predicted molar refractivity (Wildman–Crippen MR) is 75.2 cm³/mol. The Morgan fingerprint density at radius 3 is 2.53 bits per heavy atom. The summed E-state index contributed by atoms with van der Waals surface area (Å²) in [6, 6.07) is 0. The number of ether oxygens (including phenoxy) is 1. The lowest BCUT2D eigenvalue weighted by molar-refractivity contribution is 0.0738. The van der Waals surface area contributed by atoms with Crippen LogP contribution in [0.4, 0.5) is 11.6 Å². The van der Waals surface area contributed by atoms with Gasteiger partial charge in [-0.05, 0) is 33.4 Å². The number of anilines is 2. The van der Waals surface area contributed by atoms with Crippen LogP contribution in [0.5, 0.6) is 5.75 Å². The van der Waals surface area contributed by atoms with E-state index in [2.05, 4.69) is 39.7 Å². The molecule has 0 amide bonds. The molecule has 0 bridgehead atoms. The highest BCUT2D eigenvalue weighted by molar-refractivity contribution is 5.63. The third kappa shape index (κ3) is 2.57. The van der Waals surface area contributed by atoms with Crippen molar-refractivity contribution in [1.82, 2.24) is 14.9 Å². The minimum Gasteiger partial charge on any atom is -0.490 e. The van der Waals surface area contributed by atoms with Crippen molar-refractivity contribution < 1.29 is 4.74 Å². The number of nitrogens with two attached hydrogens (primary N) is 1. The van der Waals surface area contributed by atoms with Crippen LogP contribution in [-0.4, -0.2) is 48.2 Å². The summed E-state index contributed by atoms with van der Waals surface area (Å²) in [5.41, 5.74) is 2.72. The van der Waals surface area contributed by atoms with Crippen molar-refractivity contribution >= 4 is 11.6 Å². The summed E-state index contributed by atoms with van der Waals surface area (Å²) in [6.45, 7) is 0.831. The molecule has 0 spiro atoms. The molecule has 0 aliphatic heterocycles. The number of nitrogen functional groups attached to an aromatic ring is 1. The lowest BCUT2D eigenvalue weighted by Crippen LogP contribution is -2.54. The second-order valence-corrected chi connectivity index (χ2v) is 5.07. The third-order valence-corrected chi connectivity index (χ3v) is 3.96. The van der Waals surface area contributed by atoms with E-state index in [0.29, 0.717) is 17.4 Å². The molecule has 1 saturated carbocycles. The maximum Gasteiger partial charge on any atom is 0.205 e. The first kappa shape index (κ1) is 13.8. The molecule has 0 saturated heterocycles. The zero-order valence-corrected chi connectivity index (χ0v) is 11.7. The van der Waals surface area contributed by atoms with E-state index in [0.717, 1.165) is 6.54 Å². The van der Waals surface area contributed by atoms with E-state index in [4.69, 9.17) is 10.6 Å². The van der Waals surface area contributed by atoms with Crippen LogP contribution in [-0.2, 0) is 0 Å². The lowest BCUT2D eigenvalue weighted by atomic mass is 9.75. The van der Waals surface area contributed by atoms with Gasteiger partial charge in [0.2, 0.25) is 5.75 Å². The molecule has 0 unspecified atom stereocenters. The van der Waals surface area contributed by atoms with E-state index >= 15 is 0 Å². The molecule has 1 aromatic rings. The number of likely N-dealkylation sites (N-methyl/N-ethyl adjacent to an activating group) is 1. The van der Waals surface area contributed by atoms with E-state index in [-0.39, 0.29) is 5.54 Å². The van der Waals surface area contributed by atoms with Crippen LogP contribution < -0.4 is 21.3 Å². The van der Waals surface area contributed by atoms with Crippen molar-refractivity contribution in [2.24, 2.45) is 5.84 Å². The number of aromatic nitrogens is 2. The Morgan fingerprint density at radius 1 is 1.37 bits per heavy atom. The van der Waals surface area contributed by atoms with E-state index in [1.165, 1.54) is 25.6 Å². The second-order valence-electron chi connectivity index (χ2n) is 5.07. The van der Waals surface area contributed by atoms with Crippen LogP contribution in [0.15, 0.2) is 6.33 Å². The van der Waals surface area contributed by atoms with Crippen molar-refractivity contribution in [3.63, 3.8) is 0 Å². The number of hydrogen-bond acceptors (Lipinski definition) is 7. The van der Waals surface area contributed by atoms with Gasteiger partial charge in [0, 0.05) is 12.1 Å². The number of methoxy groups -OCH3 is 1. The fraction of sp³-hybridized carbons (Fsp3) is 0.667. The van der Waals surface area contributed by atoms with Gasteiger partial charge in [0.15, 0.2) is 11.6 Å². The number of nitrogens with one attached hydrogen (secondary N) is 2. The Kier molecular flexibility index (Phi) is 4.06. The highest BCUT2D eigenvalue weighted by Crippen LogP contribution is 2.37. The van der Waals surface area contributed by atoms with Crippen LogP contribution in [0.2, 0.25) is 0 Å². The Labute approximate surface area is 113 Å². The minimum atomic E-state index is 0.215. The first-order valence-corrected chi connectivity index (χ1v) is 6.40. The van der Waals surface area contributed by atoms with Crippen molar-refractivity contribution in [2.45, 2.75) is 24.8 Å². The van der Waals surface area contributed by atoms with Crippen LogP contribution in [0.1, 0.15) is 19.3 Å². The number of rotatable bonds is 6. The first-order valence-electron chi connectivity index (χ1n) is 6.40. The number of hydrazine groups is 1. The molecule has 106 valence electrons. The number of hydrogen-bond donors (Lipinski definition) is 3. The van der Waals surface area contributed by atoms with Crippen LogP contribution in [0.3, 0.4) is 0 Å². The van der Waals surface area contributed by atoms with Gasteiger partial charge in [-0.3, -0.25) is 0 Å². The maximum atomic E-state index is 5.41. The molecule has 1 heterocycles. The topological polar surface area (TPSA) is 88.3 Å². The second kappa shape index (κ2) is 5.58. The summed E-state index contributed by atoms with van der Waals surface area (Å²) in [4.78, 5) is 10.5. The van der Waals surface area contributed by atoms with Gasteiger partial charge in [-0.25, -0.2) is 15.8 Å². The van der Waals surface area contributed by atoms with Crippen LogP contribution in [0.25, 0.3) is 0 Å². The van der Waals surface area contributed by atoms with Gasteiger partial charge >= 0.3 is 0 Å². The molecule has 7 nitrogen and oxygen atoms in total. The molecule has 7 heteroatoms. The molecule has 1 aliphatic rings. The summed E-state index contributed by atoms with van der Waals surface area (Å²) in [5, 5.41) is 3.35. The van der Waals surface area contributed by atoms with Gasteiger partial charge in [-0.1, -0.05) is 0 Å². The highest BCUT2D eigenvalue weighted by Gasteiger charge is 2.39. The van der Waals surface area contributed by atoms with Gasteiger partial charge in [0.25, 0.3) is 0 Å². The fourth-order valence-corrected chi connectivity index (χ4v) is 2.41. The van der Waals surface area contributed by atoms with Gasteiger partial charge in [-0.2, -0.15) is 0 Å². The van der Waals surface area contributed by atoms with Gasteiger partial charge in [-0.15, -0.1) is 0 Å². The van der Waals surface area contributed by atoms with Crippen molar-refractivity contribution in [1.29, 1.82) is 0 Å². The zero-order chi connectivity index (χ0) is 13.9. The van der Waals surface area contributed by atoms with Gasteiger partial charge < -0.3 is 20.4 Å². The van der Waals surface area contributed by atoms with E-state index < -0.39 is 0 Å². The largest absolute Gasteiger partial charge is 0.490 e. The molecular weight excluding hydrogens is 244 g/mol. The van der Waals surface area contributed by atoms with Gasteiger partial charge in [0.1, 0.15) is 6.33 Å². The first-order chi connectivity index (χ1) is 9.13. The average molecular weight is 266 g/mol. The third-order valence-electron chi connectivity index (χ3n) is 3.96. The standard InChI is InChI=1S/C12H22N6O/c1-18(2)12(5-4-6-12)7-14-10-9(19-3)11(17-13)16-8-15-10/h8H,4-7,13H2,1-3H3,(H2,14,15,16,17). The zero-order valence-electron chi connectivity index (χ0n) is 11.7. The van der Waals surface area contributed by atoms with E-state index in [9.17, 15) is 0 Å². The Balaban J connectivity index is 2.11. The summed E-state index contributed by atoms with van der Waals surface area (Å²) in [7, 11) is 5.81. The van der Waals surface area contributed by atoms with Crippen molar-refractivity contribution in [3.8, 4) is 5.75 Å². The normalized spacial score (nSPS) is 16.9. The summed E-state index contributed by atoms with van der Waals surface area (Å²) in [5.74, 6) is 7.09. The van der Waals surface area contributed by atoms with Crippen molar-refractivity contribution in [2.75, 3.05) is 38.5 Å². The maximum absolute atomic E-state index is 5.41. The predicted octanol–water partition coefficient (Wildman–Crippen LogP) is 0.667. The molecule has 1 fully saturated rings. The minimum absolute atomic E-state index is 0.215. The van der Waals surface area contributed by atoms with E-state index in [1.54, 1.807) is 7.11 Å². The summed E-state index contributed by atoms with van der Waals surface area (Å²) >= 11 is 0. The average Bonchev–Trinajstić information content (AvgIpc) is 2.36. The SMILES string of the molecule is COc1c(NN)ncnc1NCC1(N(C)C)CCC1. The monoisotopic (exact) mass is 266 g/mol. The molecule has 2 rings (SSSR count). The number of nitrogens with zero attached hydrogens (tertiary/aromatic N) is 3. The molecule has 19 heavy (non-hydrogen) atoms. The smallest absolute Gasteiger partial charge is 0.205 e. The summed E-state index contributed by atoms with van der Waals surface area (Å²) in [6.07, 6.45) is 5.13. The van der Waals surface area contributed by atoms with Crippen molar-refractivity contribution in [3.05, 3.63) is 6.33 Å². The fourth-order valence-electron chi connectivity index (χ4n) is 2.41. The van der Waals surface area contributed by atoms with Gasteiger partial charge in [0.05, 0.1) is 7.11 Å². The van der Waals surface area contributed by atoms with E-state index in [1.807, 2.05) is 0 Å². The Bertz CT molecular complexity index is 432. The highest BCUT2D eigenvalue weighted by atomic mass is 16.5. The van der Waals surface area contributed by atoms with Crippen LogP contribution >= 0.6 is 0 Å². The summed E-state index contributed by atoms with van der Waals surface area (Å²) < 4.78 is 5.30. The molecule has 0 radical (unpaired) electrons. The van der Waals surface area contributed by atoms with Crippen LogP contribution in [0, 0.1) is 0 Å². The molecule has 0 aromatic carbocycles. The molecule has 0 atom stereocenters. The molecule has 1 aliphatic carbocycles. The Hall–Kier alpha value is -1.60. The Morgan fingerprint density at radius 2 is 2.05 bits per heavy atom.